The fourth-order valence-electron chi connectivity index (χ4n) is 2.94. The molecule has 0 atom stereocenters. The molecule has 1 aliphatic heterocycles. The number of imidazole rings is 1. The van der Waals surface area contributed by atoms with Crippen LogP contribution in [0.5, 0.6) is 5.75 Å². The van der Waals surface area contributed by atoms with Gasteiger partial charge in [-0.3, -0.25) is 0 Å². The molecule has 1 aromatic heterocycles. The molecule has 2 heterocycles. The second-order valence-electron chi connectivity index (χ2n) is 5.28. The lowest BCUT2D eigenvalue weighted by molar-refractivity contribution is 0.406. The quantitative estimate of drug-likeness (QED) is 0.928. The van der Waals surface area contributed by atoms with E-state index in [1.165, 1.54) is 24.1 Å². The smallest absolute Gasteiger partial charge is 0.123 e. The van der Waals surface area contributed by atoms with E-state index in [2.05, 4.69) is 27.0 Å². The second kappa shape index (κ2) is 6.09. The summed E-state index contributed by atoms with van der Waals surface area (Å²) in [5, 5.41) is 3.41. The number of piperidine rings is 1. The van der Waals surface area contributed by atoms with Gasteiger partial charge in [0.25, 0.3) is 0 Å². The van der Waals surface area contributed by atoms with Crippen molar-refractivity contribution in [2.75, 3.05) is 20.2 Å². The standard InChI is InChI=1S/C16H21N3O/c1-20-16-5-3-2-4-14(16)11-19-12-18-10-15(19)13-6-8-17-9-7-13/h2-5,10,12-13,17H,6-9,11H2,1H3. The van der Waals surface area contributed by atoms with Gasteiger partial charge < -0.3 is 14.6 Å². The van der Waals surface area contributed by atoms with Crippen molar-refractivity contribution in [3.8, 4) is 5.75 Å². The fourth-order valence-corrected chi connectivity index (χ4v) is 2.94. The van der Waals surface area contributed by atoms with E-state index < -0.39 is 0 Å². The highest BCUT2D eigenvalue weighted by molar-refractivity contribution is 5.33. The average molecular weight is 271 g/mol. The van der Waals surface area contributed by atoms with E-state index in [4.69, 9.17) is 4.74 Å². The molecule has 2 aromatic rings. The van der Waals surface area contributed by atoms with Crippen LogP contribution in [0.4, 0.5) is 0 Å². The van der Waals surface area contributed by atoms with Gasteiger partial charge in [0.2, 0.25) is 0 Å². The lowest BCUT2D eigenvalue weighted by Crippen LogP contribution is -2.27. The van der Waals surface area contributed by atoms with Gasteiger partial charge in [-0.05, 0) is 32.0 Å². The molecule has 0 amide bonds. The Labute approximate surface area is 119 Å². The van der Waals surface area contributed by atoms with Gasteiger partial charge in [0, 0.05) is 23.4 Å². The third-order valence-corrected chi connectivity index (χ3v) is 4.04. The van der Waals surface area contributed by atoms with Crippen molar-refractivity contribution in [3.05, 3.63) is 48.0 Å². The monoisotopic (exact) mass is 271 g/mol. The summed E-state index contributed by atoms with van der Waals surface area (Å²) in [6, 6.07) is 8.18. The van der Waals surface area contributed by atoms with Gasteiger partial charge in [0.05, 0.1) is 20.0 Å². The van der Waals surface area contributed by atoms with Crippen LogP contribution in [0, 0.1) is 0 Å². The number of nitrogens with one attached hydrogen (secondary N) is 1. The minimum absolute atomic E-state index is 0.619. The first-order chi connectivity index (χ1) is 9.88. The lowest BCUT2D eigenvalue weighted by atomic mass is 9.95. The Morgan fingerprint density at radius 3 is 2.90 bits per heavy atom. The van der Waals surface area contributed by atoms with Crippen LogP contribution in [0.25, 0.3) is 0 Å². The molecule has 0 radical (unpaired) electrons. The molecule has 106 valence electrons. The molecule has 20 heavy (non-hydrogen) atoms. The zero-order valence-corrected chi connectivity index (χ0v) is 11.9. The van der Waals surface area contributed by atoms with Crippen molar-refractivity contribution in [2.24, 2.45) is 0 Å². The van der Waals surface area contributed by atoms with Crippen LogP contribution < -0.4 is 10.1 Å². The number of hydrogen-bond donors (Lipinski definition) is 1. The lowest BCUT2D eigenvalue weighted by Gasteiger charge is -2.24. The third kappa shape index (κ3) is 2.70. The molecule has 0 saturated carbocycles. The highest BCUT2D eigenvalue weighted by Gasteiger charge is 2.19. The Morgan fingerprint density at radius 1 is 1.30 bits per heavy atom. The fraction of sp³-hybridized carbons (Fsp3) is 0.438. The molecule has 1 aromatic carbocycles. The van der Waals surface area contributed by atoms with E-state index in [0.717, 1.165) is 25.4 Å². The van der Waals surface area contributed by atoms with Crippen LogP contribution in [0.2, 0.25) is 0 Å². The first-order valence-corrected chi connectivity index (χ1v) is 7.21. The van der Waals surface area contributed by atoms with Gasteiger partial charge in [-0.25, -0.2) is 4.98 Å². The Balaban J connectivity index is 1.82. The van der Waals surface area contributed by atoms with Gasteiger partial charge in [0.1, 0.15) is 5.75 Å². The maximum absolute atomic E-state index is 5.44. The van der Waals surface area contributed by atoms with Crippen LogP contribution in [-0.2, 0) is 6.54 Å². The molecule has 0 spiro atoms. The summed E-state index contributed by atoms with van der Waals surface area (Å²) in [6.07, 6.45) is 6.34. The number of nitrogens with zero attached hydrogens (tertiary/aromatic N) is 2. The molecular formula is C16H21N3O. The zero-order valence-electron chi connectivity index (χ0n) is 11.9. The van der Waals surface area contributed by atoms with Gasteiger partial charge in [0.15, 0.2) is 0 Å². The van der Waals surface area contributed by atoms with Crippen LogP contribution in [0.3, 0.4) is 0 Å². The molecule has 4 nitrogen and oxygen atoms in total. The summed E-state index contributed by atoms with van der Waals surface area (Å²) < 4.78 is 7.69. The normalized spacial score (nSPS) is 16.2. The Kier molecular flexibility index (Phi) is 4.02. The predicted molar refractivity (Wildman–Crippen MR) is 79.2 cm³/mol. The van der Waals surface area contributed by atoms with Gasteiger partial charge in [-0.15, -0.1) is 0 Å². The van der Waals surface area contributed by atoms with E-state index in [-0.39, 0.29) is 0 Å². The van der Waals surface area contributed by atoms with Crippen molar-refractivity contribution in [2.45, 2.75) is 25.3 Å². The first kappa shape index (κ1) is 13.2. The summed E-state index contributed by atoms with van der Waals surface area (Å²) in [6.45, 7) is 3.03. The SMILES string of the molecule is COc1ccccc1Cn1cncc1C1CCNCC1. The van der Waals surface area contributed by atoms with E-state index >= 15 is 0 Å². The predicted octanol–water partition coefficient (Wildman–Crippen LogP) is 2.41. The van der Waals surface area contributed by atoms with E-state index in [9.17, 15) is 0 Å². The Hall–Kier alpha value is -1.81. The Bertz CT molecular complexity index is 558. The largest absolute Gasteiger partial charge is 0.496 e. The summed E-state index contributed by atoms with van der Waals surface area (Å²) in [4.78, 5) is 4.35. The molecule has 1 N–H and O–H groups in total. The van der Waals surface area contributed by atoms with Crippen LogP contribution in [0.1, 0.15) is 30.0 Å². The third-order valence-electron chi connectivity index (χ3n) is 4.04. The number of benzene rings is 1. The maximum Gasteiger partial charge on any atom is 0.123 e. The summed E-state index contributed by atoms with van der Waals surface area (Å²) in [5.41, 5.74) is 2.54. The summed E-state index contributed by atoms with van der Waals surface area (Å²) in [7, 11) is 1.72. The second-order valence-corrected chi connectivity index (χ2v) is 5.28. The highest BCUT2D eigenvalue weighted by atomic mass is 16.5. The maximum atomic E-state index is 5.44. The molecule has 1 fully saturated rings. The number of hydrogen-bond acceptors (Lipinski definition) is 3. The number of para-hydroxylation sites is 1. The number of rotatable bonds is 4. The van der Waals surface area contributed by atoms with E-state index in [1.54, 1.807) is 7.11 Å². The number of ether oxygens (including phenoxy) is 1. The zero-order chi connectivity index (χ0) is 13.8. The molecule has 0 unspecified atom stereocenters. The van der Waals surface area contributed by atoms with Crippen LogP contribution in [0.15, 0.2) is 36.8 Å². The van der Waals surface area contributed by atoms with Crippen molar-refractivity contribution in [3.63, 3.8) is 0 Å². The van der Waals surface area contributed by atoms with Gasteiger partial charge >= 0.3 is 0 Å². The molecular weight excluding hydrogens is 250 g/mol. The number of aromatic nitrogens is 2. The van der Waals surface area contributed by atoms with Crippen molar-refractivity contribution in [1.29, 1.82) is 0 Å². The summed E-state index contributed by atoms with van der Waals surface area (Å²) >= 11 is 0. The van der Waals surface area contributed by atoms with Crippen molar-refractivity contribution < 1.29 is 4.74 Å². The van der Waals surface area contributed by atoms with E-state index in [1.807, 2.05) is 24.7 Å². The summed E-state index contributed by atoms with van der Waals surface area (Å²) in [5.74, 6) is 1.56. The van der Waals surface area contributed by atoms with Gasteiger partial charge in [-0.2, -0.15) is 0 Å². The van der Waals surface area contributed by atoms with Crippen molar-refractivity contribution >= 4 is 0 Å². The van der Waals surface area contributed by atoms with Crippen molar-refractivity contribution in [1.82, 2.24) is 14.9 Å². The molecule has 1 saturated heterocycles. The topological polar surface area (TPSA) is 39.1 Å². The number of methoxy groups -OCH3 is 1. The molecule has 0 bridgehead atoms. The first-order valence-electron chi connectivity index (χ1n) is 7.21. The average Bonchev–Trinajstić information content (AvgIpc) is 2.97. The van der Waals surface area contributed by atoms with Crippen LogP contribution >= 0.6 is 0 Å². The minimum Gasteiger partial charge on any atom is -0.496 e. The highest BCUT2D eigenvalue weighted by Crippen LogP contribution is 2.26. The molecule has 4 heteroatoms. The van der Waals surface area contributed by atoms with Gasteiger partial charge in [-0.1, -0.05) is 18.2 Å². The van der Waals surface area contributed by atoms with Crippen LogP contribution in [-0.4, -0.2) is 29.8 Å². The molecule has 3 rings (SSSR count). The molecule has 0 aliphatic carbocycles. The van der Waals surface area contributed by atoms with E-state index in [0.29, 0.717) is 5.92 Å². The Morgan fingerprint density at radius 2 is 2.10 bits per heavy atom. The minimum atomic E-state index is 0.619. The molecule has 1 aliphatic rings.